The van der Waals surface area contributed by atoms with Gasteiger partial charge >= 0.3 is 0 Å². The van der Waals surface area contributed by atoms with Gasteiger partial charge < -0.3 is 5.32 Å². The van der Waals surface area contributed by atoms with Gasteiger partial charge in [0.1, 0.15) is 0 Å². The molecule has 3 nitrogen and oxygen atoms in total. The van der Waals surface area contributed by atoms with Crippen LogP contribution in [0.2, 0.25) is 0 Å². The minimum Gasteiger partial charge on any atom is -0.310 e. The first-order valence-electron chi connectivity index (χ1n) is 7.82. The first-order valence-corrected chi connectivity index (χ1v) is 7.82. The van der Waals surface area contributed by atoms with Crippen LogP contribution in [-0.2, 0) is 13.5 Å². The molecule has 1 aromatic heterocycles. The highest BCUT2D eigenvalue weighted by molar-refractivity contribution is 5.27. The molecular formula is C18H27N3. The Morgan fingerprint density at radius 3 is 2.57 bits per heavy atom. The van der Waals surface area contributed by atoms with Crippen molar-refractivity contribution in [3.63, 3.8) is 0 Å². The zero-order valence-corrected chi connectivity index (χ0v) is 13.9. The second kappa shape index (κ2) is 6.90. The van der Waals surface area contributed by atoms with E-state index in [1.807, 2.05) is 11.7 Å². The summed E-state index contributed by atoms with van der Waals surface area (Å²) >= 11 is 0. The molecule has 0 radical (unpaired) electrons. The summed E-state index contributed by atoms with van der Waals surface area (Å²) in [6.45, 7) is 9.58. The van der Waals surface area contributed by atoms with Crippen LogP contribution in [0.15, 0.2) is 24.3 Å². The van der Waals surface area contributed by atoms with Crippen LogP contribution in [0.25, 0.3) is 0 Å². The van der Waals surface area contributed by atoms with E-state index >= 15 is 0 Å². The average molecular weight is 285 g/mol. The van der Waals surface area contributed by atoms with E-state index in [4.69, 9.17) is 0 Å². The summed E-state index contributed by atoms with van der Waals surface area (Å²) < 4.78 is 1.99. The van der Waals surface area contributed by atoms with Gasteiger partial charge in [-0.3, -0.25) is 4.68 Å². The summed E-state index contributed by atoms with van der Waals surface area (Å²) in [4.78, 5) is 0. The van der Waals surface area contributed by atoms with E-state index in [1.54, 1.807) is 0 Å². The summed E-state index contributed by atoms with van der Waals surface area (Å²) in [6.07, 6.45) is 2.17. The number of hydrogen-bond donors (Lipinski definition) is 1. The Balaban J connectivity index is 2.13. The van der Waals surface area contributed by atoms with Gasteiger partial charge in [0.2, 0.25) is 0 Å². The van der Waals surface area contributed by atoms with E-state index in [2.05, 4.69) is 62.4 Å². The number of hydrogen-bond acceptors (Lipinski definition) is 2. The van der Waals surface area contributed by atoms with Crippen LogP contribution >= 0.6 is 0 Å². The van der Waals surface area contributed by atoms with Crippen molar-refractivity contribution in [1.82, 2.24) is 15.1 Å². The summed E-state index contributed by atoms with van der Waals surface area (Å²) in [5, 5.41) is 8.13. The van der Waals surface area contributed by atoms with Gasteiger partial charge in [-0.15, -0.1) is 0 Å². The molecule has 0 bridgehead atoms. The first-order chi connectivity index (χ1) is 10.0. The standard InChI is InChI=1S/C18H27N3/c1-6-19-18(16-9-7-8-13(2)12-16)11-10-17-14(3)20-21(5)15(17)4/h7-9,12,18-19H,6,10-11H2,1-5H3. The summed E-state index contributed by atoms with van der Waals surface area (Å²) in [7, 11) is 2.02. The molecule has 0 spiro atoms. The van der Waals surface area contributed by atoms with Crippen LogP contribution < -0.4 is 5.32 Å². The number of nitrogens with one attached hydrogen (secondary N) is 1. The van der Waals surface area contributed by atoms with E-state index in [1.165, 1.54) is 22.4 Å². The Morgan fingerprint density at radius 1 is 1.24 bits per heavy atom. The number of rotatable bonds is 6. The third-order valence-electron chi connectivity index (χ3n) is 4.24. The monoisotopic (exact) mass is 285 g/mol. The smallest absolute Gasteiger partial charge is 0.0628 e. The van der Waals surface area contributed by atoms with Crippen molar-refractivity contribution in [2.24, 2.45) is 7.05 Å². The zero-order chi connectivity index (χ0) is 15.4. The number of benzene rings is 1. The summed E-state index contributed by atoms with van der Waals surface area (Å²) in [5.41, 5.74) is 6.55. The maximum absolute atomic E-state index is 4.52. The minimum atomic E-state index is 0.411. The largest absolute Gasteiger partial charge is 0.310 e. The molecule has 0 aliphatic carbocycles. The van der Waals surface area contributed by atoms with E-state index in [0.29, 0.717) is 6.04 Å². The van der Waals surface area contributed by atoms with Crippen molar-refractivity contribution in [3.8, 4) is 0 Å². The maximum Gasteiger partial charge on any atom is 0.0628 e. The quantitative estimate of drug-likeness (QED) is 0.878. The fourth-order valence-electron chi connectivity index (χ4n) is 2.99. The van der Waals surface area contributed by atoms with Crippen LogP contribution in [0.3, 0.4) is 0 Å². The molecule has 1 unspecified atom stereocenters. The Labute approximate surface area is 128 Å². The van der Waals surface area contributed by atoms with Crippen LogP contribution in [0.4, 0.5) is 0 Å². The van der Waals surface area contributed by atoms with Crippen molar-refractivity contribution >= 4 is 0 Å². The molecule has 0 aliphatic rings. The lowest BCUT2D eigenvalue weighted by atomic mass is 9.97. The highest BCUT2D eigenvalue weighted by Crippen LogP contribution is 2.22. The van der Waals surface area contributed by atoms with Crippen LogP contribution in [0.5, 0.6) is 0 Å². The Hall–Kier alpha value is -1.61. The summed E-state index contributed by atoms with van der Waals surface area (Å²) in [6, 6.07) is 9.23. The summed E-state index contributed by atoms with van der Waals surface area (Å²) in [5.74, 6) is 0. The Morgan fingerprint density at radius 2 is 2.00 bits per heavy atom. The zero-order valence-electron chi connectivity index (χ0n) is 13.9. The third-order valence-corrected chi connectivity index (χ3v) is 4.24. The molecule has 0 saturated heterocycles. The van der Waals surface area contributed by atoms with E-state index < -0.39 is 0 Å². The SMILES string of the molecule is CCNC(CCc1c(C)nn(C)c1C)c1cccc(C)c1. The lowest BCUT2D eigenvalue weighted by Crippen LogP contribution is -2.21. The molecule has 2 rings (SSSR count). The Kier molecular flexibility index (Phi) is 5.18. The lowest BCUT2D eigenvalue weighted by Gasteiger charge is -2.19. The molecule has 21 heavy (non-hydrogen) atoms. The molecule has 1 aromatic carbocycles. The second-order valence-corrected chi connectivity index (χ2v) is 5.84. The van der Waals surface area contributed by atoms with Crippen molar-refractivity contribution < 1.29 is 0 Å². The highest BCUT2D eigenvalue weighted by Gasteiger charge is 2.14. The molecule has 0 saturated carbocycles. The number of aryl methyl sites for hydroxylation is 3. The van der Waals surface area contributed by atoms with Crippen LogP contribution in [0.1, 0.15) is 47.5 Å². The predicted octanol–water partition coefficient (Wildman–Crippen LogP) is 3.63. The minimum absolute atomic E-state index is 0.411. The van der Waals surface area contributed by atoms with Gasteiger partial charge in [-0.05, 0) is 51.3 Å². The fraction of sp³-hybridized carbons (Fsp3) is 0.500. The van der Waals surface area contributed by atoms with Gasteiger partial charge in [-0.25, -0.2) is 0 Å². The molecule has 1 heterocycles. The van der Waals surface area contributed by atoms with Gasteiger partial charge in [0.25, 0.3) is 0 Å². The molecule has 0 fully saturated rings. The van der Waals surface area contributed by atoms with E-state index in [0.717, 1.165) is 25.1 Å². The topological polar surface area (TPSA) is 29.9 Å². The van der Waals surface area contributed by atoms with Gasteiger partial charge in [0.15, 0.2) is 0 Å². The first kappa shape index (κ1) is 15.8. The van der Waals surface area contributed by atoms with Gasteiger partial charge in [0.05, 0.1) is 5.69 Å². The second-order valence-electron chi connectivity index (χ2n) is 5.84. The maximum atomic E-state index is 4.52. The fourth-order valence-corrected chi connectivity index (χ4v) is 2.99. The van der Waals surface area contributed by atoms with E-state index in [9.17, 15) is 0 Å². The van der Waals surface area contributed by atoms with Gasteiger partial charge in [0, 0.05) is 18.8 Å². The number of aromatic nitrogens is 2. The van der Waals surface area contributed by atoms with Crippen LogP contribution in [-0.4, -0.2) is 16.3 Å². The molecule has 1 N–H and O–H groups in total. The van der Waals surface area contributed by atoms with Crippen LogP contribution in [0, 0.1) is 20.8 Å². The predicted molar refractivity (Wildman–Crippen MR) is 88.6 cm³/mol. The molecule has 3 heteroatoms. The van der Waals surface area contributed by atoms with Crippen molar-refractivity contribution in [2.75, 3.05) is 6.54 Å². The third kappa shape index (κ3) is 3.73. The molecule has 114 valence electrons. The number of nitrogens with zero attached hydrogens (tertiary/aromatic N) is 2. The molecule has 2 aromatic rings. The molecule has 0 amide bonds. The Bertz CT molecular complexity index is 599. The lowest BCUT2D eigenvalue weighted by molar-refractivity contribution is 0.514. The molecular weight excluding hydrogens is 258 g/mol. The van der Waals surface area contributed by atoms with Crippen molar-refractivity contribution in [1.29, 1.82) is 0 Å². The highest BCUT2D eigenvalue weighted by atomic mass is 15.3. The van der Waals surface area contributed by atoms with Crippen molar-refractivity contribution in [3.05, 3.63) is 52.3 Å². The molecule has 0 aliphatic heterocycles. The van der Waals surface area contributed by atoms with Gasteiger partial charge in [-0.1, -0.05) is 36.8 Å². The normalized spacial score (nSPS) is 12.6. The average Bonchev–Trinajstić information content (AvgIpc) is 2.69. The molecule has 1 atom stereocenters. The van der Waals surface area contributed by atoms with Gasteiger partial charge in [-0.2, -0.15) is 5.10 Å². The van der Waals surface area contributed by atoms with Crippen molar-refractivity contribution in [2.45, 2.75) is 46.6 Å². The van der Waals surface area contributed by atoms with E-state index in [-0.39, 0.29) is 0 Å².